The lowest BCUT2D eigenvalue weighted by atomic mass is 10.0. The topological polar surface area (TPSA) is 84.7 Å². The van der Waals surface area contributed by atoms with E-state index < -0.39 is 16.0 Å². The van der Waals surface area contributed by atoms with Crippen LogP contribution in [0.2, 0.25) is 0 Å². The molecule has 0 atom stereocenters. The third-order valence-corrected chi connectivity index (χ3v) is 8.49. The molecule has 35 heavy (non-hydrogen) atoms. The molecular weight excluding hydrogens is 471 g/mol. The normalized spacial score (nSPS) is 19.6. The summed E-state index contributed by atoms with van der Waals surface area (Å²) in [6.45, 7) is 3.33. The molecule has 3 aromatic rings. The number of halogens is 1. The van der Waals surface area contributed by atoms with Gasteiger partial charge in [-0.1, -0.05) is 30.3 Å². The molecule has 0 spiro atoms. The lowest BCUT2D eigenvalue weighted by Gasteiger charge is -2.34. The van der Waals surface area contributed by atoms with E-state index in [0.29, 0.717) is 62.8 Å². The Kier molecular flexibility index (Phi) is 5.46. The maximum atomic E-state index is 13.4. The molecule has 0 unspecified atom stereocenters. The van der Waals surface area contributed by atoms with Gasteiger partial charge in [-0.25, -0.2) is 17.5 Å². The van der Waals surface area contributed by atoms with E-state index in [0.717, 1.165) is 11.3 Å². The fourth-order valence-corrected chi connectivity index (χ4v) is 6.57. The predicted molar refractivity (Wildman–Crippen MR) is 127 cm³/mol. The van der Waals surface area contributed by atoms with Crippen LogP contribution < -0.4 is 0 Å². The van der Waals surface area contributed by atoms with Gasteiger partial charge >= 0.3 is 0 Å². The highest BCUT2D eigenvalue weighted by atomic mass is 32.2. The number of sulfone groups is 1. The number of fused-ring (bicyclic) bond motifs is 3. The number of carbonyl (C=O) groups excluding carboxylic acids is 1. The Morgan fingerprint density at radius 1 is 1.06 bits per heavy atom. The molecule has 10 heteroatoms. The van der Waals surface area contributed by atoms with Crippen molar-refractivity contribution in [3.05, 3.63) is 65.4 Å². The average molecular weight is 497 g/mol. The van der Waals surface area contributed by atoms with Gasteiger partial charge in [-0.2, -0.15) is 5.10 Å². The first-order valence-corrected chi connectivity index (χ1v) is 13.3. The van der Waals surface area contributed by atoms with Gasteiger partial charge in [0.25, 0.3) is 5.91 Å². The number of amides is 1. The van der Waals surface area contributed by atoms with Gasteiger partial charge in [0, 0.05) is 43.9 Å². The lowest BCUT2D eigenvalue weighted by molar-refractivity contribution is 0.0298. The van der Waals surface area contributed by atoms with Crippen molar-refractivity contribution in [3.8, 4) is 16.9 Å². The largest absolute Gasteiger partial charge is 0.378 e. The molecule has 0 aliphatic carbocycles. The molecule has 1 aromatic heterocycles. The zero-order valence-electron chi connectivity index (χ0n) is 19.1. The summed E-state index contributed by atoms with van der Waals surface area (Å²) in [4.78, 5) is 17.4. The average Bonchev–Trinajstić information content (AvgIpc) is 3.22. The molecule has 8 nitrogen and oxygen atoms in total. The number of morpholine rings is 1. The van der Waals surface area contributed by atoms with E-state index in [1.807, 2.05) is 29.2 Å². The minimum atomic E-state index is -3.62. The maximum absolute atomic E-state index is 13.4. The van der Waals surface area contributed by atoms with E-state index in [1.165, 1.54) is 0 Å². The SMILES string of the molecule is O=C(c1nn(-c2ccc(CN3CC(F)C3)cc2)c2c1CS(=O)(=O)c1ccccc1-2)N1CCOCC1. The summed E-state index contributed by atoms with van der Waals surface area (Å²) in [5, 5.41) is 4.69. The van der Waals surface area contributed by atoms with Crippen LogP contribution in [0.1, 0.15) is 21.6 Å². The molecule has 2 fully saturated rings. The predicted octanol–water partition coefficient (Wildman–Crippen LogP) is 2.45. The number of hydrogen-bond acceptors (Lipinski definition) is 6. The van der Waals surface area contributed by atoms with Crippen LogP contribution in [0.5, 0.6) is 0 Å². The lowest BCUT2D eigenvalue weighted by Crippen LogP contribution is -2.47. The molecule has 4 heterocycles. The van der Waals surface area contributed by atoms with E-state index in [4.69, 9.17) is 4.74 Å². The van der Waals surface area contributed by atoms with Crippen LogP contribution in [-0.2, 0) is 26.9 Å². The first-order chi connectivity index (χ1) is 16.9. The number of hydrogen-bond donors (Lipinski definition) is 0. The zero-order valence-corrected chi connectivity index (χ0v) is 19.9. The van der Waals surface area contributed by atoms with Gasteiger partial charge in [-0.3, -0.25) is 9.69 Å². The number of likely N-dealkylation sites (tertiary alicyclic amines) is 1. The molecule has 0 N–H and O–H groups in total. The van der Waals surface area contributed by atoms with Crippen molar-refractivity contribution in [3.63, 3.8) is 0 Å². The summed E-state index contributed by atoms with van der Waals surface area (Å²) in [7, 11) is -3.62. The zero-order chi connectivity index (χ0) is 24.2. The van der Waals surface area contributed by atoms with Crippen LogP contribution in [0.4, 0.5) is 4.39 Å². The van der Waals surface area contributed by atoms with Crippen molar-refractivity contribution >= 4 is 15.7 Å². The summed E-state index contributed by atoms with van der Waals surface area (Å²) >= 11 is 0. The van der Waals surface area contributed by atoms with Crippen LogP contribution in [0.25, 0.3) is 16.9 Å². The summed E-state index contributed by atoms with van der Waals surface area (Å²) < 4.78 is 46.5. The standard InChI is InChI=1S/C25H25FN4O4S/c26-18-14-28(15-18)13-17-5-7-19(8-6-17)30-24-20-3-1-2-4-22(20)35(32,33)16-21(24)23(27-30)25(31)29-9-11-34-12-10-29/h1-8,18H,9-16H2. The molecule has 3 aliphatic heterocycles. The van der Waals surface area contributed by atoms with Crippen molar-refractivity contribution in [2.24, 2.45) is 0 Å². The number of alkyl halides is 1. The number of nitrogens with zero attached hydrogens (tertiary/aromatic N) is 4. The van der Waals surface area contributed by atoms with E-state index in [2.05, 4.69) is 5.10 Å². The Labute approximate surface area is 202 Å². The molecule has 2 saturated heterocycles. The molecular formula is C25H25FN4O4S. The van der Waals surface area contributed by atoms with Crippen molar-refractivity contribution in [2.45, 2.75) is 23.4 Å². The van der Waals surface area contributed by atoms with Crippen LogP contribution >= 0.6 is 0 Å². The van der Waals surface area contributed by atoms with Gasteiger partial charge in [0.15, 0.2) is 15.5 Å². The summed E-state index contributed by atoms with van der Waals surface area (Å²) in [5.41, 5.74) is 3.54. The third kappa shape index (κ3) is 3.95. The molecule has 0 saturated carbocycles. The van der Waals surface area contributed by atoms with Gasteiger partial charge in [0.2, 0.25) is 0 Å². The number of ether oxygens (including phenoxy) is 1. The molecule has 2 aromatic carbocycles. The Morgan fingerprint density at radius 3 is 2.49 bits per heavy atom. The summed E-state index contributed by atoms with van der Waals surface area (Å²) in [6, 6.07) is 14.6. The fraction of sp³-hybridized carbons (Fsp3) is 0.360. The van der Waals surface area contributed by atoms with Gasteiger partial charge in [-0.05, 0) is 23.8 Å². The van der Waals surface area contributed by atoms with E-state index in [1.54, 1.807) is 33.8 Å². The second-order valence-electron chi connectivity index (χ2n) is 9.21. The number of rotatable bonds is 4. The fourth-order valence-electron chi connectivity index (χ4n) is 4.98. The van der Waals surface area contributed by atoms with Gasteiger partial charge in [0.1, 0.15) is 6.17 Å². The van der Waals surface area contributed by atoms with Crippen LogP contribution in [-0.4, -0.2) is 79.5 Å². The van der Waals surface area contributed by atoms with Crippen molar-refractivity contribution in [1.82, 2.24) is 19.6 Å². The first-order valence-electron chi connectivity index (χ1n) is 11.7. The Bertz CT molecular complexity index is 1390. The molecule has 1 amide bonds. The monoisotopic (exact) mass is 496 g/mol. The highest BCUT2D eigenvalue weighted by molar-refractivity contribution is 7.90. The van der Waals surface area contributed by atoms with Gasteiger partial charge in [0.05, 0.1) is 35.2 Å². The van der Waals surface area contributed by atoms with Crippen molar-refractivity contribution in [1.29, 1.82) is 0 Å². The smallest absolute Gasteiger partial charge is 0.274 e. The van der Waals surface area contributed by atoms with Crippen molar-refractivity contribution < 1.29 is 22.3 Å². The van der Waals surface area contributed by atoms with Crippen LogP contribution in [0.3, 0.4) is 0 Å². The Morgan fingerprint density at radius 2 is 1.77 bits per heavy atom. The molecule has 3 aliphatic rings. The van der Waals surface area contributed by atoms with E-state index >= 15 is 0 Å². The number of benzene rings is 2. The molecule has 182 valence electrons. The van der Waals surface area contributed by atoms with E-state index in [-0.39, 0.29) is 22.2 Å². The van der Waals surface area contributed by atoms with Crippen molar-refractivity contribution in [2.75, 3.05) is 39.4 Å². The van der Waals surface area contributed by atoms with Crippen LogP contribution in [0, 0.1) is 0 Å². The summed E-state index contributed by atoms with van der Waals surface area (Å²) in [6.07, 6.45) is -0.747. The minimum Gasteiger partial charge on any atom is -0.378 e. The number of aromatic nitrogens is 2. The quantitative estimate of drug-likeness (QED) is 0.552. The van der Waals surface area contributed by atoms with Gasteiger partial charge < -0.3 is 9.64 Å². The second-order valence-corrected chi connectivity index (χ2v) is 11.2. The maximum Gasteiger partial charge on any atom is 0.274 e. The molecule has 0 radical (unpaired) electrons. The minimum absolute atomic E-state index is 0.165. The number of carbonyl (C=O) groups is 1. The molecule has 6 rings (SSSR count). The Hall–Kier alpha value is -3.08. The van der Waals surface area contributed by atoms with E-state index in [9.17, 15) is 17.6 Å². The molecule has 0 bridgehead atoms. The first kappa shape index (κ1) is 22.4. The third-order valence-electron chi connectivity index (χ3n) is 6.80. The highest BCUT2D eigenvalue weighted by Gasteiger charge is 2.37. The van der Waals surface area contributed by atoms with Crippen LogP contribution in [0.15, 0.2) is 53.4 Å². The summed E-state index contributed by atoms with van der Waals surface area (Å²) in [5.74, 6) is -0.560. The Balaban J connectivity index is 1.44. The second kappa shape index (κ2) is 8.54. The highest BCUT2D eigenvalue weighted by Crippen LogP contribution is 2.40. The van der Waals surface area contributed by atoms with Gasteiger partial charge in [-0.15, -0.1) is 0 Å².